The first-order valence-electron chi connectivity index (χ1n) is 6.47. The minimum Gasteiger partial charge on any atom is -0.384 e. The van der Waals surface area contributed by atoms with E-state index in [0.29, 0.717) is 12.5 Å². The van der Waals surface area contributed by atoms with Crippen molar-refractivity contribution in [2.45, 2.75) is 12.8 Å². The van der Waals surface area contributed by atoms with Crippen LogP contribution in [0.15, 0.2) is 18.2 Å². The molecule has 0 spiro atoms. The molecule has 100 valence electrons. The van der Waals surface area contributed by atoms with Crippen molar-refractivity contribution in [2.75, 3.05) is 38.3 Å². The normalized spacial score (nSPS) is 19.5. The third-order valence-corrected chi connectivity index (χ3v) is 3.72. The second kappa shape index (κ2) is 6.41. The molecule has 1 atom stereocenters. The van der Waals surface area contributed by atoms with Crippen molar-refractivity contribution in [3.63, 3.8) is 0 Å². The van der Waals surface area contributed by atoms with E-state index in [0.717, 1.165) is 31.1 Å². The molecule has 1 aromatic carbocycles. The predicted octanol–water partition coefficient (Wildman–Crippen LogP) is 2.31. The number of hydrogen-bond donors (Lipinski definition) is 1. The molecule has 0 bridgehead atoms. The Morgan fingerprint density at radius 1 is 1.50 bits per heavy atom. The maximum absolute atomic E-state index is 6.06. The first-order valence-corrected chi connectivity index (χ1v) is 6.84. The Bertz CT molecular complexity index is 397. The average Bonchev–Trinajstić information content (AvgIpc) is 2.79. The fourth-order valence-corrected chi connectivity index (χ4v) is 2.84. The van der Waals surface area contributed by atoms with E-state index < -0.39 is 0 Å². The van der Waals surface area contributed by atoms with Gasteiger partial charge in [0.2, 0.25) is 0 Å². The molecule has 18 heavy (non-hydrogen) atoms. The largest absolute Gasteiger partial charge is 0.384 e. The average molecular weight is 269 g/mol. The summed E-state index contributed by atoms with van der Waals surface area (Å²) in [6, 6.07) is 6.11. The van der Waals surface area contributed by atoms with Crippen LogP contribution in [0.25, 0.3) is 0 Å². The van der Waals surface area contributed by atoms with Crippen molar-refractivity contribution in [1.29, 1.82) is 0 Å². The smallest absolute Gasteiger partial charge is 0.0508 e. The van der Waals surface area contributed by atoms with Crippen LogP contribution in [0.5, 0.6) is 0 Å². The van der Waals surface area contributed by atoms with Gasteiger partial charge in [0, 0.05) is 36.8 Å². The topological polar surface area (TPSA) is 38.5 Å². The lowest BCUT2D eigenvalue weighted by atomic mass is 10.1. The van der Waals surface area contributed by atoms with Crippen LogP contribution in [0.3, 0.4) is 0 Å². The maximum atomic E-state index is 6.06. The predicted molar refractivity (Wildman–Crippen MR) is 76.4 cm³/mol. The summed E-state index contributed by atoms with van der Waals surface area (Å²) in [5.74, 6) is 0.636. The molecule has 2 N–H and O–H groups in total. The van der Waals surface area contributed by atoms with Crippen LogP contribution in [-0.2, 0) is 11.2 Å². The maximum Gasteiger partial charge on any atom is 0.0508 e. The van der Waals surface area contributed by atoms with Crippen molar-refractivity contribution in [1.82, 2.24) is 0 Å². The van der Waals surface area contributed by atoms with Gasteiger partial charge in [-0.2, -0.15) is 0 Å². The molecular weight excluding hydrogens is 248 g/mol. The van der Waals surface area contributed by atoms with E-state index in [4.69, 9.17) is 22.1 Å². The highest BCUT2D eigenvalue weighted by Gasteiger charge is 2.23. The van der Waals surface area contributed by atoms with Gasteiger partial charge in [-0.1, -0.05) is 11.6 Å². The van der Waals surface area contributed by atoms with E-state index in [1.54, 1.807) is 7.11 Å². The molecule has 2 rings (SSSR count). The van der Waals surface area contributed by atoms with Gasteiger partial charge in [0.1, 0.15) is 0 Å². The number of hydrogen-bond acceptors (Lipinski definition) is 3. The number of anilines is 1. The number of halogens is 1. The van der Waals surface area contributed by atoms with Gasteiger partial charge in [-0.25, -0.2) is 0 Å². The third-order valence-electron chi connectivity index (χ3n) is 3.48. The van der Waals surface area contributed by atoms with Gasteiger partial charge in [0.05, 0.1) is 6.61 Å². The highest BCUT2D eigenvalue weighted by atomic mass is 35.5. The summed E-state index contributed by atoms with van der Waals surface area (Å²) < 4.78 is 5.24. The fourth-order valence-electron chi connectivity index (χ4n) is 2.64. The van der Waals surface area contributed by atoms with Crippen molar-refractivity contribution in [3.05, 3.63) is 28.8 Å². The highest BCUT2D eigenvalue weighted by Crippen LogP contribution is 2.29. The van der Waals surface area contributed by atoms with Gasteiger partial charge in [-0.3, -0.25) is 0 Å². The van der Waals surface area contributed by atoms with Crippen LogP contribution in [0, 0.1) is 5.92 Å². The molecule has 1 aromatic rings. The molecule has 0 radical (unpaired) electrons. The van der Waals surface area contributed by atoms with Crippen molar-refractivity contribution < 1.29 is 4.74 Å². The minimum absolute atomic E-state index is 0.636. The Hall–Kier alpha value is -0.770. The molecule has 1 saturated heterocycles. The van der Waals surface area contributed by atoms with Crippen LogP contribution < -0.4 is 10.6 Å². The lowest BCUT2D eigenvalue weighted by Gasteiger charge is -2.22. The lowest BCUT2D eigenvalue weighted by molar-refractivity contribution is 0.161. The Kier molecular flexibility index (Phi) is 4.87. The third kappa shape index (κ3) is 3.16. The molecule has 3 nitrogen and oxygen atoms in total. The lowest BCUT2D eigenvalue weighted by Crippen LogP contribution is -2.22. The van der Waals surface area contributed by atoms with Crippen LogP contribution in [0.2, 0.25) is 5.02 Å². The summed E-state index contributed by atoms with van der Waals surface area (Å²) in [6.07, 6.45) is 2.07. The van der Waals surface area contributed by atoms with Gasteiger partial charge in [-0.15, -0.1) is 0 Å². The Morgan fingerprint density at radius 2 is 2.33 bits per heavy atom. The number of benzene rings is 1. The van der Waals surface area contributed by atoms with Gasteiger partial charge in [0.25, 0.3) is 0 Å². The summed E-state index contributed by atoms with van der Waals surface area (Å²) in [4.78, 5) is 2.42. The van der Waals surface area contributed by atoms with Gasteiger partial charge >= 0.3 is 0 Å². The molecule has 0 saturated carbocycles. The van der Waals surface area contributed by atoms with E-state index >= 15 is 0 Å². The quantitative estimate of drug-likeness (QED) is 0.891. The Balaban J connectivity index is 2.13. The highest BCUT2D eigenvalue weighted by molar-refractivity contribution is 6.30. The summed E-state index contributed by atoms with van der Waals surface area (Å²) in [7, 11) is 1.77. The number of nitrogens with two attached hydrogens (primary N) is 1. The molecule has 1 aliphatic heterocycles. The van der Waals surface area contributed by atoms with Crippen LogP contribution in [-0.4, -0.2) is 33.4 Å². The van der Waals surface area contributed by atoms with Crippen molar-refractivity contribution in [3.8, 4) is 0 Å². The number of ether oxygens (including phenoxy) is 1. The second-order valence-electron chi connectivity index (χ2n) is 4.87. The molecule has 0 aliphatic carbocycles. The molecule has 0 amide bonds. The van der Waals surface area contributed by atoms with E-state index in [9.17, 15) is 0 Å². The van der Waals surface area contributed by atoms with E-state index in [-0.39, 0.29) is 0 Å². The van der Waals surface area contributed by atoms with E-state index in [1.165, 1.54) is 17.7 Å². The number of nitrogens with zero attached hydrogens (tertiary/aromatic N) is 1. The monoisotopic (exact) mass is 268 g/mol. The molecule has 4 heteroatoms. The standard InChI is InChI=1S/C14H21ClN2O/c1-18-10-11-5-7-17(9-11)14-3-2-13(15)8-12(14)4-6-16/h2-3,8,11H,4-7,9-10,16H2,1H3. The number of rotatable bonds is 5. The van der Waals surface area contributed by atoms with Crippen LogP contribution in [0.1, 0.15) is 12.0 Å². The van der Waals surface area contributed by atoms with Crippen molar-refractivity contribution >= 4 is 17.3 Å². The van der Waals surface area contributed by atoms with Gasteiger partial charge in [-0.05, 0) is 43.1 Å². The second-order valence-corrected chi connectivity index (χ2v) is 5.30. The summed E-state index contributed by atoms with van der Waals surface area (Å²) >= 11 is 6.06. The zero-order valence-electron chi connectivity index (χ0n) is 10.9. The molecule has 1 aliphatic rings. The van der Waals surface area contributed by atoms with Gasteiger partial charge in [0.15, 0.2) is 0 Å². The van der Waals surface area contributed by atoms with E-state index in [1.807, 2.05) is 12.1 Å². The van der Waals surface area contributed by atoms with E-state index in [2.05, 4.69) is 11.0 Å². The minimum atomic E-state index is 0.636. The first kappa shape index (κ1) is 13.7. The van der Waals surface area contributed by atoms with Crippen LogP contribution in [0.4, 0.5) is 5.69 Å². The SMILES string of the molecule is COCC1CCN(c2ccc(Cl)cc2CCN)C1. The molecular formula is C14H21ClN2O. The Labute approximate surface area is 114 Å². The zero-order chi connectivity index (χ0) is 13.0. The van der Waals surface area contributed by atoms with Crippen LogP contribution >= 0.6 is 11.6 Å². The molecule has 0 aromatic heterocycles. The molecule has 1 heterocycles. The molecule has 1 fully saturated rings. The summed E-state index contributed by atoms with van der Waals surface area (Å²) in [5, 5.41) is 0.787. The zero-order valence-corrected chi connectivity index (χ0v) is 11.6. The fraction of sp³-hybridized carbons (Fsp3) is 0.571. The number of methoxy groups -OCH3 is 1. The van der Waals surface area contributed by atoms with Crippen molar-refractivity contribution in [2.24, 2.45) is 11.7 Å². The Morgan fingerprint density at radius 3 is 3.06 bits per heavy atom. The summed E-state index contributed by atoms with van der Waals surface area (Å²) in [5.41, 5.74) is 8.21. The first-order chi connectivity index (χ1) is 8.74. The summed E-state index contributed by atoms with van der Waals surface area (Å²) in [6.45, 7) is 3.65. The molecule has 1 unspecified atom stereocenters. The van der Waals surface area contributed by atoms with Gasteiger partial charge < -0.3 is 15.4 Å².